The summed E-state index contributed by atoms with van der Waals surface area (Å²) in [7, 11) is 0. The largest absolute Gasteiger partial charge is 0.480 e. The highest BCUT2D eigenvalue weighted by molar-refractivity contribution is 5.73. The van der Waals surface area contributed by atoms with Crippen molar-refractivity contribution in [1.29, 1.82) is 10.5 Å². The molecule has 170 valence electrons. The van der Waals surface area contributed by atoms with Crippen LogP contribution in [0.25, 0.3) is 5.65 Å². The van der Waals surface area contributed by atoms with Crippen molar-refractivity contribution in [2.45, 2.75) is 66.0 Å². The van der Waals surface area contributed by atoms with Crippen LogP contribution in [0.2, 0.25) is 0 Å². The third-order valence-corrected chi connectivity index (χ3v) is 4.62. The molecule has 0 aliphatic rings. The summed E-state index contributed by atoms with van der Waals surface area (Å²) in [6, 6.07) is 3.69. The number of nitrogens with zero attached hydrogens (tertiary/aromatic N) is 8. The van der Waals surface area contributed by atoms with Crippen LogP contribution in [0.5, 0.6) is 0 Å². The van der Waals surface area contributed by atoms with Gasteiger partial charge in [0.25, 0.3) is 0 Å². The van der Waals surface area contributed by atoms with Gasteiger partial charge in [-0.3, -0.25) is 4.79 Å². The maximum absolute atomic E-state index is 11.0. The molecule has 0 unspecified atom stereocenters. The molecule has 0 saturated heterocycles. The number of nitrogen functional groups attached to an aromatic ring is 2. The molecule has 0 radical (unpaired) electrons. The molecule has 3 aromatic rings. The molecule has 0 aromatic carbocycles. The van der Waals surface area contributed by atoms with Gasteiger partial charge < -0.3 is 21.1 Å². The third kappa shape index (κ3) is 4.49. The number of hydrogen-bond acceptors (Lipinski definition) is 8. The van der Waals surface area contributed by atoms with E-state index in [2.05, 4.69) is 15.2 Å². The second-order valence-electron chi connectivity index (χ2n) is 8.45. The number of rotatable bonds is 4. The topological polar surface area (TPSA) is 190 Å². The van der Waals surface area contributed by atoms with Gasteiger partial charge in [0, 0.05) is 17.9 Å². The van der Waals surface area contributed by atoms with E-state index in [4.69, 9.17) is 27.1 Å². The minimum Gasteiger partial charge on any atom is -0.480 e. The third-order valence-electron chi connectivity index (χ3n) is 4.62. The second-order valence-corrected chi connectivity index (χ2v) is 8.45. The number of anilines is 2. The average molecular weight is 441 g/mol. The van der Waals surface area contributed by atoms with Gasteiger partial charge in [0.2, 0.25) is 5.95 Å². The van der Waals surface area contributed by atoms with E-state index in [0.717, 1.165) is 5.69 Å². The van der Waals surface area contributed by atoms with E-state index in [1.165, 1.54) is 9.25 Å². The highest BCUT2D eigenvalue weighted by atomic mass is 16.4. The lowest BCUT2D eigenvalue weighted by molar-refractivity contribution is -0.137. The Balaban J connectivity index is 0.000000258. The first-order valence-corrected chi connectivity index (χ1v) is 10.0. The smallest absolute Gasteiger partial charge is 0.325 e. The van der Waals surface area contributed by atoms with Crippen LogP contribution in [-0.2, 0) is 23.3 Å². The number of imidazole rings is 1. The van der Waals surface area contributed by atoms with Crippen molar-refractivity contribution >= 4 is 23.3 Å². The summed E-state index contributed by atoms with van der Waals surface area (Å²) in [5.41, 5.74) is 13.6. The Kier molecular flexibility index (Phi) is 6.79. The highest BCUT2D eigenvalue weighted by Gasteiger charge is 2.27. The summed E-state index contributed by atoms with van der Waals surface area (Å²) in [5.74, 6) is 0.0944. The van der Waals surface area contributed by atoms with E-state index >= 15 is 0 Å². The van der Waals surface area contributed by atoms with Gasteiger partial charge >= 0.3 is 5.97 Å². The maximum Gasteiger partial charge on any atom is 0.325 e. The fourth-order valence-electron chi connectivity index (χ4n) is 3.18. The average Bonchev–Trinajstić information content (AvgIpc) is 3.32. The van der Waals surface area contributed by atoms with Gasteiger partial charge in [0.15, 0.2) is 22.9 Å². The van der Waals surface area contributed by atoms with E-state index < -0.39 is 5.97 Å². The Hall–Kier alpha value is -4.06. The maximum atomic E-state index is 11.0. The van der Waals surface area contributed by atoms with Gasteiger partial charge in [-0.2, -0.15) is 25.2 Å². The number of fused-ring (bicyclic) bond motifs is 1. The Morgan fingerprint density at radius 2 is 1.81 bits per heavy atom. The van der Waals surface area contributed by atoms with Crippen molar-refractivity contribution in [3.05, 3.63) is 22.9 Å². The van der Waals surface area contributed by atoms with E-state index in [9.17, 15) is 4.79 Å². The summed E-state index contributed by atoms with van der Waals surface area (Å²) in [5, 5.41) is 35.1. The van der Waals surface area contributed by atoms with Crippen LogP contribution in [0.3, 0.4) is 0 Å². The lowest BCUT2D eigenvalue weighted by Crippen LogP contribution is -2.16. The molecule has 32 heavy (non-hydrogen) atoms. The quantitative estimate of drug-likeness (QED) is 0.543. The first-order valence-electron chi connectivity index (χ1n) is 10.0. The molecule has 0 bridgehead atoms. The molecule has 3 heterocycles. The molecular weight excluding hydrogens is 412 g/mol. The fourth-order valence-corrected chi connectivity index (χ4v) is 3.18. The van der Waals surface area contributed by atoms with E-state index in [-0.39, 0.29) is 35.2 Å². The number of nitriles is 2. The fraction of sp³-hybridized carbons (Fsp3) is 0.500. The lowest BCUT2D eigenvalue weighted by Gasteiger charge is -2.15. The molecule has 0 amide bonds. The van der Waals surface area contributed by atoms with Crippen LogP contribution in [0.15, 0.2) is 0 Å². The zero-order valence-corrected chi connectivity index (χ0v) is 19.1. The van der Waals surface area contributed by atoms with Crippen LogP contribution in [0.1, 0.15) is 70.4 Å². The molecule has 0 atom stereocenters. The first-order chi connectivity index (χ1) is 14.9. The minimum absolute atomic E-state index is 0.0943. The van der Waals surface area contributed by atoms with Crippen LogP contribution in [0, 0.1) is 22.7 Å². The predicted octanol–water partition coefficient (Wildman–Crippen LogP) is 1.85. The van der Waals surface area contributed by atoms with Crippen LogP contribution in [-0.4, -0.2) is 40.0 Å². The van der Waals surface area contributed by atoms with Crippen molar-refractivity contribution in [2.75, 3.05) is 11.5 Å². The summed E-state index contributed by atoms with van der Waals surface area (Å²) < 4.78 is 4.58. The molecule has 12 heteroatoms. The second kappa shape index (κ2) is 8.98. The number of aromatic nitrogens is 6. The van der Waals surface area contributed by atoms with Gasteiger partial charge in [-0.05, 0) is 6.92 Å². The molecule has 12 nitrogen and oxygen atoms in total. The summed E-state index contributed by atoms with van der Waals surface area (Å²) >= 11 is 0. The van der Waals surface area contributed by atoms with Crippen molar-refractivity contribution in [2.24, 2.45) is 0 Å². The van der Waals surface area contributed by atoms with Crippen molar-refractivity contribution in [3.8, 4) is 12.1 Å². The van der Waals surface area contributed by atoms with Crippen molar-refractivity contribution in [3.63, 3.8) is 0 Å². The summed E-state index contributed by atoms with van der Waals surface area (Å²) in [6.07, 6.45) is 0. The number of carboxylic acid groups (broad SMARTS) is 1. The Bertz CT molecular complexity index is 1220. The van der Waals surface area contributed by atoms with Gasteiger partial charge in [-0.15, -0.1) is 0 Å². The Labute approximate surface area is 185 Å². The number of hydrogen-bond donors (Lipinski definition) is 3. The first kappa shape index (κ1) is 24.2. The number of aliphatic carboxylic acids is 1. The van der Waals surface area contributed by atoms with Gasteiger partial charge in [0.1, 0.15) is 24.4 Å². The van der Waals surface area contributed by atoms with E-state index in [1.54, 1.807) is 4.52 Å². The monoisotopic (exact) mass is 440 g/mol. The van der Waals surface area contributed by atoms with Crippen LogP contribution < -0.4 is 11.5 Å². The van der Waals surface area contributed by atoms with Crippen molar-refractivity contribution in [1.82, 2.24) is 28.9 Å². The molecule has 0 saturated carbocycles. The molecule has 3 aromatic heterocycles. The molecule has 0 aliphatic carbocycles. The van der Waals surface area contributed by atoms with Gasteiger partial charge in [-0.1, -0.05) is 34.6 Å². The molecule has 0 aliphatic heterocycles. The van der Waals surface area contributed by atoms with Crippen molar-refractivity contribution < 1.29 is 9.90 Å². The molecule has 0 spiro atoms. The van der Waals surface area contributed by atoms with Crippen LogP contribution in [0.4, 0.5) is 11.6 Å². The SMILES string of the molecule is CC(C)c1nn(CC(=O)O)c2c(N)c(C(C)(C)C)nn12.CCn1c(N)nc(C#N)c1C#N. The lowest BCUT2D eigenvalue weighted by atomic mass is 9.91. The summed E-state index contributed by atoms with van der Waals surface area (Å²) in [4.78, 5) is 14.7. The Morgan fingerprint density at radius 1 is 1.19 bits per heavy atom. The van der Waals surface area contributed by atoms with Crippen LogP contribution >= 0.6 is 0 Å². The highest BCUT2D eigenvalue weighted by Crippen LogP contribution is 2.31. The number of carbonyl (C=O) groups is 1. The number of carboxylic acids is 1. The van der Waals surface area contributed by atoms with E-state index in [1.807, 2.05) is 53.7 Å². The zero-order chi connectivity index (χ0) is 24.4. The molecule has 0 fully saturated rings. The Morgan fingerprint density at radius 3 is 2.25 bits per heavy atom. The molecule has 3 rings (SSSR count). The minimum atomic E-state index is -0.955. The number of nitrogens with two attached hydrogens (primary N) is 2. The predicted molar refractivity (Wildman–Crippen MR) is 118 cm³/mol. The standard InChI is InChI=1S/C13H21N5O2.C7H7N5/c1-7(2)11-16-17(6-8(19)20)12-9(14)10(13(3,4)5)15-18(11)12;1-2-12-6(4-9)5(3-8)11-7(12)10/h7H,6,14H2,1-5H3,(H,19,20);2H2,1H3,(H2,10,11). The normalized spacial score (nSPS) is 11.2. The van der Waals surface area contributed by atoms with E-state index in [0.29, 0.717) is 23.7 Å². The molecular formula is C20H28N10O2. The van der Waals surface area contributed by atoms with Gasteiger partial charge in [-0.25, -0.2) is 9.67 Å². The zero-order valence-electron chi connectivity index (χ0n) is 19.1. The van der Waals surface area contributed by atoms with Gasteiger partial charge in [0.05, 0.1) is 5.69 Å². The summed E-state index contributed by atoms with van der Waals surface area (Å²) in [6.45, 7) is 12.2. The molecule has 5 N–H and O–H groups in total.